The molecule has 0 fully saturated rings. The number of rotatable bonds is 5. The maximum Gasteiger partial charge on any atom is 0.280 e. The number of nitrogen functional groups attached to an aromatic ring is 1. The number of hydrogen-bond donors (Lipinski definition) is 2. The van der Waals surface area contributed by atoms with Crippen LogP contribution in [0.4, 0.5) is 20.3 Å². The van der Waals surface area contributed by atoms with Crippen molar-refractivity contribution < 1.29 is 13.6 Å². The van der Waals surface area contributed by atoms with Gasteiger partial charge in [-0.2, -0.15) is 5.10 Å². The number of halogens is 3. The topological polar surface area (TPSA) is 85.8 Å². The third kappa shape index (κ3) is 3.86. The van der Waals surface area contributed by atoms with E-state index >= 15 is 0 Å². The number of anilines is 2. The van der Waals surface area contributed by atoms with Crippen LogP contribution in [0.25, 0.3) is 10.2 Å². The first-order valence-corrected chi connectivity index (χ1v) is 10.1. The highest BCUT2D eigenvalue weighted by molar-refractivity contribution is 7.21. The zero-order valence-corrected chi connectivity index (χ0v) is 17.3. The van der Waals surface area contributed by atoms with E-state index in [1.54, 1.807) is 17.8 Å². The lowest BCUT2D eigenvalue weighted by Crippen LogP contribution is -2.13. The lowest BCUT2D eigenvalue weighted by Gasteiger charge is -2.03. The van der Waals surface area contributed by atoms with Crippen molar-refractivity contribution in [2.45, 2.75) is 19.9 Å². The van der Waals surface area contributed by atoms with Gasteiger partial charge in [-0.15, -0.1) is 11.3 Å². The minimum atomic E-state index is -2.71. The molecule has 0 saturated heterocycles. The molecule has 6 nitrogen and oxygen atoms in total. The largest absolute Gasteiger partial charge is 0.397 e. The second-order valence-corrected chi connectivity index (χ2v) is 8.06. The van der Waals surface area contributed by atoms with Gasteiger partial charge in [0.15, 0.2) is 5.82 Å². The number of fused-ring (bicyclic) bond motifs is 1. The molecule has 0 unspecified atom stereocenters. The number of nitrogens with zero attached hydrogens (tertiary/aromatic N) is 3. The number of aryl methyl sites for hydroxylation is 1. The fourth-order valence-corrected chi connectivity index (χ4v) is 4.38. The van der Waals surface area contributed by atoms with Crippen LogP contribution in [0.3, 0.4) is 0 Å². The summed E-state index contributed by atoms with van der Waals surface area (Å²) >= 11 is 7.17. The molecule has 0 aliphatic carbocycles. The summed E-state index contributed by atoms with van der Waals surface area (Å²) in [6.07, 6.45) is -1.10. The number of hydrogen-bond acceptors (Lipinski definition) is 5. The Morgan fingerprint density at radius 1 is 1.33 bits per heavy atom. The minimum Gasteiger partial charge on any atom is -0.397 e. The molecule has 0 bridgehead atoms. The van der Waals surface area contributed by atoms with Crippen molar-refractivity contribution >= 4 is 50.6 Å². The highest BCUT2D eigenvalue weighted by Crippen LogP contribution is 2.37. The van der Waals surface area contributed by atoms with Crippen LogP contribution in [-0.4, -0.2) is 20.7 Å². The van der Waals surface area contributed by atoms with Gasteiger partial charge in [0.2, 0.25) is 0 Å². The fraction of sp³-hybridized carbons (Fsp3) is 0.150. The fourth-order valence-electron chi connectivity index (χ4n) is 3.11. The van der Waals surface area contributed by atoms with E-state index in [9.17, 15) is 13.6 Å². The number of thiophene rings is 1. The molecule has 3 heterocycles. The summed E-state index contributed by atoms with van der Waals surface area (Å²) in [5, 5.41) is 7.72. The highest BCUT2D eigenvalue weighted by Gasteiger charge is 2.22. The number of aromatic nitrogens is 3. The third-order valence-electron chi connectivity index (χ3n) is 4.48. The minimum absolute atomic E-state index is 0.167. The standard InChI is InChI=1S/C20H16ClF2N5OS/c1-10-7-13(17(22)23)25-20-14(10)15(24)16(30-20)19(29)26-18-12(21)9-28(27-18)8-11-5-3-2-4-6-11/h2-7,9,17H,8,24H2,1H3,(H,26,27,29). The van der Waals surface area contributed by atoms with E-state index in [0.717, 1.165) is 16.9 Å². The van der Waals surface area contributed by atoms with Gasteiger partial charge in [-0.3, -0.25) is 9.48 Å². The SMILES string of the molecule is Cc1cc(C(F)F)nc2sc(C(=O)Nc3nn(Cc4ccccc4)cc3Cl)c(N)c12. The van der Waals surface area contributed by atoms with Crippen LogP contribution in [0.5, 0.6) is 0 Å². The smallest absolute Gasteiger partial charge is 0.280 e. The lowest BCUT2D eigenvalue weighted by atomic mass is 10.1. The molecule has 0 saturated carbocycles. The number of carbonyl (C=O) groups is 1. The average Bonchev–Trinajstić information content (AvgIpc) is 3.22. The van der Waals surface area contributed by atoms with E-state index in [-0.39, 0.29) is 31.9 Å². The molecule has 1 amide bonds. The normalized spacial score (nSPS) is 11.4. The van der Waals surface area contributed by atoms with E-state index in [0.29, 0.717) is 17.5 Å². The summed E-state index contributed by atoms with van der Waals surface area (Å²) in [5.41, 5.74) is 7.53. The zero-order valence-electron chi connectivity index (χ0n) is 15.7. The van der Waals surface area contributed by atoms with Gasteiger partial charge in [-0.05, 0) is 24.1 Å². The molecule has 1 aromatic carbocycles. The molecular weight excluding hydrogens is 432 g/mol. The molecule has 4 aromatic rings. The van der Waals surface area contributed by atoms with Gasteiger partial charge < -0.3 is 11.1 Å². The molecule has 0 aliphatic rings. The highest BCUT2D eigenvalue weighted by atomic mass is 35.5. The first-order chi connectivity index (χ1) is 14.3. The summed E-state index contributed by atoms with van der Waals surface area (Å²) in [6, 6.07) is 10.9. The van der Waals surface area contributed by atoms with Crippen molar-refractivity contribution in [3.8, 4) is 0 Å². The van der Waals surface area contributed by atoms with Gasteiger partial charge in [-0.25, -0.2) is 13.8 Å². The Labute approximate surface area is 179 Å². The monoisotopic (exact) mass is 447 g/mol. The Hall–Kier alpha value is -3.04. The van der Waals surface area contributed by atoms with Crippen molar-refractivity contribution in [1.82, 2.24) is 14.8 Å². The van der Waals surface area contributed by atoms with E-state index in [4.69, 9.17) is 17.3 Å². The van der Waals surface area contributed by atoms with Gasteiger partial charge >= 0.3 is 0 Å². The van der Waals surface area contributed by atoms with Crippen molar-refractivity contribution in [1.29, 1.82) is 0 Å². The Balaban J connectivity index is 1.60. The molecule has 0 spiro atoms. The van der Waals surface area contributed by atoms with Crippen LogP contribution in [-0.2, 0) is 6.54 Å². The van der Waals surface area contributed by atoms with E-state index in [2.05, 4.69) is 15.4 Å². The molecule has 154 valence electrons. The predicted molar refractivity (Wildman–Crippen MR) is 114 cm³/mol. The average molecular weight is 448 g/mol. The molecule has 30 heavy (non-hydrogen) atoms. The summed E-state index contributed by atoms with van der Waals surface area (Å²) in [7, 11) is 0. The van der Waals surface area contributed by atoms with Gasteiger partial charge in [0.05, 0.1) is 12.2 Å². The van der Waals surface area contributed by atoms with Crippen LogP contribution >= 0.6 is 22.9 Å². The predicted octanol–water partition coefficient (Wildman–Crippen LogP) is 5.28. The zero-order chi connectivity index (χ0) is 21.4. The van der Waals surface area contributed by atoms with E-state index < -0.39 is 12.3 Å². The van der Waals surface area contributed by atoms with Crippen molar-refractivity contribution in [3.63, 3.8) is 0 Å². The Morgan fingerprint density at radius 2 is 2.07 bits per heavy atom. The number of alkyl halides is 2. The molecule has 0 radical (unpaired) electrons. The van der Waals surface area contributed by atoms with Crippen LogP contribution < -0.4 is 11.1 Å². The third-order valence-corrected chi connectivity index (χ3v) is 5.86. The number of amides is 1. The van der Waals surface area contributed by atoms with Crippen LogP contribution in [0.1, 0.15) is 32.9 Å². The second-order valence-electron chi connectivity index (χ2n) is 6.65. The Bertz CT molecular complexity index is 1240. The summed E-state index contributed by atoms with van der Waals surface area (Å²) in [4.78, 5) is 17.2. The van der Waals surface area contributed by atoms with Crippen LogP contribution in [0.2, 0.25) is 5.02 Å². The van der Waals surface area contributed by atoms with E-state index in [1.807, 2.05) is 30.3 Å². The van der Waals surface area contributed by atoms with E-state index in [1.165, 1.54) is 6.07 Å². The maximum absolute atomic E-state index is 13.0. The van der Waals surface area contributed by atoms with Gasteiger partial charge in [0, 0.05) is 11.6 Å². The second kappa shape index (κ2) is 8.00. The van der Waals surface area contributed by atoms with Crippen molar-refractivity contribution in [2.24, 2.45) is 0 Å². The summed E-state index contributed by atoms with van der Waals surface area (Å²) in [5.74, 6) is -0.340. The summed E-state index contributed by atoms with van der Waals surface area (Å²) < 4.78 is 27.7. The summed E-state index contributed by atoms with van der Waals surface area (Å²) in [6.45, 7) is 2.14. The van der Waals surface area contributed by atoms with Crippen LogP contribution in [0, 0.1) is 6.92 Å². The first-order valence-electron chi connectivity index (χ1n) is 8.89. The number of carbonyl (C=O) groups excluding carboxylic acids is 1. The first kappa shape index (κ1) is 20.2. The number of pyridine rings is 1. The number of nitrogens with one attached hydrogen (secondary N) is 1. The Morgan fingerprint density at radius 3 is 2.77 bits per heavy atom. The van der Waals surface area contributed by atoms with Crippen LogP contribution in [0.15, 0.2) is 42.6 Å². The van der Waals surface area contributed by atoms with Crippen molar-refractivity contribution in [2.75, 3.05) is 11.1 Å². The molecule has 0 atom stereocenters. The molecule has 0 aliphatic heterocycles. The molecule has 4 rings (SSSR count). The van der Waals surface area contributed by atoms with Gasteiger partial charge in [0.1, 0.15) is 20.4 Å². The van der Waals surface area contributed by atoms with Crippen molar-refractivity contribution in [3.05, 3.63) is 69.3 Å². The number of benzene rings is 1. The molecule has 3 aromatic heterocycles. The van der Waals surface area contributed by atoms with Gasteiger partial charge in [0.25, 0.3) is 12.3 Å². The maximum atomic E-state index is 13.0. The van der Waals surface area contributed by atoms with Gasteiger partial charge in [-0.1, -0.05) is 41.9 Å². The quantitative estimate of drug-likeness (QED) is 0.436. The lowest BCUT2D eigenvalue weighted by molar-refractivity contribution is 0.103. The molecular formula is C20H16ClF2N5OS. The molecule has 3 N–H and O–H groups in total. The Kier molecular flexibility index (Phi) is 5.40. The number of nitrogens with two attached hydrogens (primary N) is 1. The molecule has 10 heteroatoms.